The van der Waals surface area contributed by atoms with Crippen molar-refractivity contribution >= 4 is 23.2 Å². The van der Waals surface area contributed by atoms with Gasteiger partial charge in [-0.3, -0.25) is 10.1 Å². The van der Waals surface area contributed by atoms with Crippen molar-refractivity contribution in [3.8, 4) is 0 Å². The Balaban J connectivity index is 2.95. The molecule has 1 heterocycles. The third kappa shape index (κ3) is 4.57. The summed E-state index contributed by atoms with van der Waals surface area (Å²) in [5.41, 5.74) is 0.748. The number of hydrogen-bond acceptors (Lipinski definition) is 5. The summed E-state index contributed by atoms with van der Waals surface area (Å²) in [6.45, 7) is 2.88. The average molecular weight is 305 g/mol. The number of nitrogens with zero attached hydrogens (tertiary/aromatic N) is 3. The third-order valence-electron chi connectivity index (χ3n) is 2.46. The van der Waals surface area contributed by atoms with E-state index in [-0.39, 0.29) is 0 Å². The van der Waals surface area contributed by atoms with Crippen molar-refractivity contribution in [2.45, 2.75) is 13.5 Å². The zero-order chi connectivity index (χ0) is 14.4. The molecular weight excluding hydrogens is 291 g/mol. The number of pyridine rings is 1. The summed E-state index contributed by atoms with van der Waals surface area (Å²) in [5.74, 6) is 0.401. The highest BCUT2D eigenvalue weighted by Crippen LogP contribution is 2.21. The molecule has 1 rings (SSSR count). The molecule has 8 heteroatoms. The Morgan fingerprint density at radius 1 is 1.63 bits per heavy atom. The standard InChI is InChI=1S/C11H14Cl2N4O2/c1-3-16(11(14-2)7-17(18)19)6-8-5-15-10(13)4-9(8)12/h4-5,7,14H,3,6H2,1-2H3/b11-7+. The smallest absolute Gasteiger partial charge is 0.274 e. The summed E-state index contributed by atoms with van der Waals surface area (Å²) < 4.78 is 0. The van der Waals surface area contributed by atoms with Crippen molar-refractivity contribution < 1.29 is 4.92 Å². The molecule has 104 valence electrons. The van der Waals surface area contributed by atoms with Crippen LogP contribution in [0, 0.1) is 10.1 Å². The van der Waals surface area contributed by atoms with E-state index >= 15 is 0 Å². The Labute approximate surface area is 121 Å². The van der Waals surface area contributed by atoms with E-state index in [1.54, 1.807) is 24.2 Å². The van der Waals surface area contributed by atoms with E-state index in [4.69, 9.17) is 23.2 Å². The highest BCUT2D eigenvalue weighted by atomic mass is 35.5. The van der Waals surface area contributed by atoms with Crippen molar-refractivity contribution in [2.24, 2.45) is 0 Å². The molecule has 0 spiro atoms. The molecule has 1 N–H and O–H groups in total. The maximum Gasteiger partial charge on any atom is 0.274 e. The lowest BCUT2D eigenvalue weighted by Crippen LogP contribution is -2.30. The molecule has 0 radical (unpaired) electrons. The maximum atomic E-state index is 10.6. The average Bonchev–Trinajstić information content (AvgIpc) is 2.35. The van der Waals surface area contributed by atoms with Crippen LogP contribution in [-0.2, 0) is 6.54 Å². The maximum absolute atomic E-state index is 10.6. The van der Waals surface area contributed by atoms with Gasteiger partial charge in [-0.05, 0) is 13.0 Å². The van der Waals surface area contributed by atoms with Gasteiger partial charge in [0.1, 0.15) is 5.15 Å². The summed E-state index contributed by atoms with van der Waals surface area (Å²) in [6.07, 6.45) is 2.48. The Kier molecular flexibility index (Phi) is 5.85. The van der Waals surface area contributed by atoms with Gasteiger partial charge in [0.25, 0.3) is 6.20 Å². The summed E-state index contributed by atoms with van der Waals surface area (Å²) in [6, 6.07) is 1.54. The van der Waals surface area contributed by atoms with Gasteiger partial charge in [-0.15, -0.1) is 0 Å². The molecule has 0 amide bonds. The van der Waals surface area contributed by atoms with Gasteiger partial charge in [0, 0.05) is 31.9 Å². The van der Waals surface area contributed by atoms with Crippen LogP contribution < -0.4 is 5.32 Å². The molecule has 0 fully saturated rings. The van der Waals surface area contributed by atoms with Gasteiger partial charge >= 0.3 is 0 Å². The van der Waals surface area contributed by atoms with Crippen LogP contribution in [0.15, 0.2) is 24.3 Å². The van der Waals surface area contributed by atoms with Crippen LogP contribution in [0.25, 0.3) is 0 Å². The first-order valence-electron chi connectivity index (χ1n) is 5.55. The van der Waals surface area contributed by atoms with Gasteiger partial charge in [0.05, 0.1) is 9.95 Å². The molecule has 19 heavy (non-hydrogen) atoms. The van der Waals surface area contributed by atoms with E-state index in [1.165, 1.54) is 0 Å². The summed E-state index contributed by atoms with van der Waals surface area (Å²) in [7, 11) is 1.62. The van der Waals surface area contributed by atoms with Crippen molar-refractivity contribution in [3.63, 3.8) is 0 Å². The van der Waals surface area contributed by atoms with E-state index in [0.717, 1.165) is 11.8 Å². The number of rotatable bonds is 6. The van der Waals surface area contributed by atoms with Crippen LogP contribution in [-0.4, -0.2) is 28.4 Å². The topological polar surface area (TPSA) is 71.3 Å². The second kappa shape index (κ2) is 7.16. The monoisotopic (exact) mass is 304 g/mol. The van der Waals surface area contributed by atoms with Crippen LogP contribution >= 0.6 is 23.2 Å². The first kappa shape index (κ1) is 15.5. The molecule has 0 atom stereocenters. The second-order valence-corrected chi connectivity index (χ2v) is 4.46. The van der Waals surface area contributed by atoms with Crippen LogP contribution in [0.1, 0.15) is 12.5 Å². The summed E-state index contributed by atoms with van der Waals surface area (Å²) >= 11 is 11.8. The number of halogens is 2. The lowest BCUT2D eigenvalue weighted by atomic mass is 10.2. The largest absolute Gasteiger partial charge is 0.370 e. The van der Waals surface area contributed by atoms with Crippen molar-refractivity contribution in [1.29, 1.82) is 0 Å². The minimum Gasteiger partial charge on any atom is -0.370 e. The number of hydrogen-bond donors (Lipinski definition) is 1. The molecule has 0 aliphatic rings. The fraction of sp³-hybridized carbons (Fsp3) is 0.364. The Morgan fingerprint density at radius 3 is 2.79 bits per heavy atom. The molecule has 0 saturated carbocycles. The van der Waals surface area contributed by atoms with E-state index in [9.17, 15) is 10.1 Å². The van der Waals surface area contributed by atoms with Gasteiger partial charge in [-0.25, -0.2) is 4.98 Å². The van der Waals surface area contributed by atoms with Crippen LogP contribution in [0.5, 0.6) is 0 Å². The third-order valence-corrected chi connectivity index (χ3v) is 3.02. The SMILES string of the molecule is CCN(Cc1cnc(Cl)cc1Cl)/C(=C/[N+](=O)[O-])NC. The quantitative estimate of drug-likeness (QED) is 0.497. The number of nitro groups is 1. The molecule has 0 unspecified atom stereocenters. The van der Waals surface area contributed by atoms with Crippen molar-refractivity contribution in [3.05, 3.63) is 50.1 Å². The second-order valence-electron chi connectivity index (χ2n) is 3.66. The van der Waals surface area contributed by atoms with Gasteiger partial charge in [-0.1, -0.05) is 23.2 Å². The van der Waals surface area contributed by atoms with Crippen LogP contribution in [0.4, 0.5) is 0 Å². The minimum atomic E-state index is -0.504. The van der Waals surface area contributed by atoms with Gasteiger partial charge in [0.15, 0.2) is 5.82 Å². The summed E-state index contributed by atoms with van der Waals surface area (Å²) in [4.78, 5) is 15.8. The minimum absolute atomic E-state index is 0.312. The van der Waals surface area contributed by atoms with E-state index in [2.05, 4.69) is 10.3 Å². The fourth-order valence-corrected chi connectivity index (χ4v) is 1.95. The molecule has 0 aliphatic heterocycles. The first-order chi connectivity index (χ1) is 8.97. The zero-order valence-corrected chi connectivity index (χ0v) is 12.1. The van der Waals surface area contributed by atoms with Crippen LogP contribution in [0.2, 0.25) is 10.2 Å². The molecular formula is C11H14Cl2N4O2. The van der Waals surface area contributed by atoms with Gasteiger partial charge in [0.2, 0.25) is 0 Å². The summed E-state index contributed by atoms with van der Waals surface area (Å²) in [5, 5.41) is 14.1. The first-order valence-corrected chi connectivity index (χ1v) is 6.31. The van der Waals surface area contributed by atoms with E-state index < -0.39 is 4.92 Å². The Bertz CT molecular complexity index is 494. The van der Waals surface area contributed by atoms with Crippen molar-refractivity contribution in [1.82, 2.24) is 15.2 Å². The zero-order valence-electron chi connectivity index (χ0n) is 10.6. The number of aromatic nitrogens is 1. The van der Waals surface area contributed by atoms with E-state index in [1.807, 2.05) is 6.92 Å². The Hall–Kier alpha value is -1.53. The molecule has 0 aliphatic carbocycles. The number of nitrogens with one attached hydrogen (secondary N) is 1. The lowest BCUT2D eigenvalue weighted by Gasteiger charge is -2.24. The normalized spacial score (nSPS) is 11.3. The molecule has 0 bridgehead atoms. The van der Waals surface area contributed by atoms with Crippen molar-refractivity contribution in [2.75, 3.05) is 13.6 Å². The molecule has 6 nitrogen and oxygen atoms in total. The Morgan fingerprint density at radius 2 is 2.32 bits per heavy atom. The predicted molar refractivity (Wildman–Crippen MR) is 74.5 cm³/mol. The molecule has 1 aromatic rings. The van der Waals surface area contributed by atoms with Crippen LogP contribution in [0.3, 0.4) is 0 Å². The molecule has 0 aromatic carbocycles. The molecule has 1 aromatic heterocycles. The highest BCUT2D eigenvalue weighted by Gasteiger charge is 2.13. The van der Waals surface area contributed by atoms with Gasteiger partial charge in [-0.2, -0.15) is 0 Å². The molecule has 0 saturated heterocycles. The van der Waals surface area contributed by atoms with E-state index in [0.29, 0.717) is 29.1 Å². The fourth-order valence-electron chi connectivity index (χ4n) is 1.53. The lowest BCUT2D eigenvalue weighted by molar-refractivity contribution is -0.404. The predicted octanol–water partition coefficient (Wildman–Crippen LogP) is 2.51. The van der Waals surface area contributed by atoms with Gasteiger partial charge < -0.3 is 10.2 Å². The highest BCUT2D eigenvalue weighted by molar-refractivity contribution is 6.34.